The summed E-state index contributed by atoms with van der Waals surface area (Å²) in [5.41, 5.74) is 7.11. The van der Waals surface area contributed by atoms with Crippen LogP contribution in [0, 0.1) is 0 Å². The van der Waals surface area contributed by atoms with Gasteiger partial charge in [0, 0.05) is 6.04 Å². The molecule has 3 heteroatoms. The summed E-state index contributed by atoms with van der Waals surface area (Å²) in [6.45, 7) is 4.03. The Morgan fingerprint density at radius 2 is 1.87 bits per heavy atom. The molecule has 0 heterocycles. The number of benzene rings is 1. The summed E-state index contributed by atoms with van der Waals surface area (Å²) in [4.78, 5) is 0. The number of nitrogens with two attached hydrogens (primary N) is 1. The molecule has 0 aliphatic carbocycles. The van der Waals surface area contributed by atoms with Gasteiger partial charge in [0.15, 0.2) is 0 Å². The smallest absolute Gasteiger partial charge is 0.119 e. The molecule has 0 spiro atoms. The molecule has 0 saturated carbocycles. The Kier molecular flexibility index (Phi) is 4.99. The van der Waals surface area contributed by atoms with Gasteiger partial charge in [-0.25, -0.2) is 0 Å². The van der Waals surface area contributed by atoms with Crippen LogP contribution in [-0.4, -0.2) is 11.9 Å². The monoisotopic (exact) mass is 225 g/mol. The second-order valence-corrected chi connectivity index (χ2v) is 4.30. The van der Waals surface area contributed by atoms with Crippen molar-refractivity contribution in [1.82, 2.24) is 0 Å². The lowest BCUT2D eigenvalue weighted by atomic mass is 10.1. The summed E-state index contributed by atoms with van der Waals surface area (Å²) in [5.74, 6) is 1.71. The lowest BCUT2D eigenvalue weighted by molar-refractivity contribution is 0.242. The fraction of sp³-hybridized carbons (Fsp3) is 0.500. The van der Waals surface area contributed by atoms with Gasteiger partial charge in [0.05, 0.1) is 6.10 Å². The van der Waals surface area contributed by atoms with Crippen LogP contribution < -0.4 is 10.5 Å². The van der Waals surface area contributed by atoms with Gasteiger partial charge in [0.25, 0.3) is 0 Å². The number of hydrogen-bond donors (Lipinski definition) is 2. The quantitative estimate of drug-likeness (QED) is 0.756. The van der Waals surface area contributed by atoms with Crippen LogP contribution in [0.2, 0.25) is 0 Å². The molecule has 0 aliphatic rings. The molecule has 1 atom stereocenters. The van der Waals surface area contributed by atoms with Gasteiger partial charge in [-0.3, -0.25) is 0 Å². The van der Waals surface area contributed by atoms with Gasteiger partial charge < -0.3 is 10.5 Å². The zero-order valence-corrected chi connectivity index (χ0v) is 10.2. The molecule has 0 aromatic heterocycles. The van der Waals surface area contributed by atoms with Crippen molar-refractivity contribution < 1.29 is 4.74 Å². The molecule has 1 aromatic rings. The summed E-state index contributed by atoms with van der Waals surface area (Å²) < 4.78 is 5.55. The van der Waals surface area contributed by atoms with Crippen molar-refractivity contribution in [1.29, 1.82) is 0 Å². The summed E-state index contributed by atoms with van der Waals surface area (Å²) >= 11 is 4.17. The van der Waals surface area contributed by atoms with Gasteiger partial charge in [0.1, 0.15) is 5.75 Å². The molecule has 0 radical (unpaired) electrons. The highest BCUT2D eigenvalue weighted by Gasteiger charge is 2.05. The van der Waals surface area contributed by atoms with Crippen LogP contribution >= 0.6 is 12.6 Å². The van der Waals surface area contributed by atoms with Crippen molar-refractivity contribution in [3.8, 4) is 5.75 Å². The van der Waals surface area contributed by atoms with Gasteiger partial charge in [-0.05, 0) is 43.7 Å². The largest absolute Gasteiger partial charge is 0.491 e. The van der Waals surface area contributed by atoms with E-state index < -0.39 is 0 Å². The number of hydrogen-bond acceptors (Lipinski definition) is 3. The van der Waals surface area contributed by atoms with E-state index in [1.807, 2.05) is 38.1 Å². The van der Waals surface area contributed by atoms with Gasteiger partial charge in [-0.2, -0.15) is 12.6 Å². The summed E-state index contributed by atoms with van der Waals surface area (Å²) in [5, 5.41) is 0. The van der Waals surface area contributed by atoms with E-state index in [1.54, 1.807) is 0 Å². The molecule has 1 aromatic carbocycles. The molecule has 1 rings (SSSR count). The minimum atomic E-state index is 0.0793. The molecule has 0 fully saturated rings. The fourth-order valence-corrected chi connectivity index (χ4v) is 1.65. The minimum absolute atomic E-state index is 0.0793. The van der Waals surface area contributed by atoms with E-state index >= 15 is 0 Å². The fourth-order valence-electron chi connectivity index (χ4n) is 1.37. The predicted molar refractivity (Wildman–Crippen MR) is 67.6 cm³/mol. The molecule has 0 bridgehead atoms. The molecular formula is C12H19NOS. The van der Waals surface area contributed by atoms with E-state index in [2.05, 4.69) is 12.6 Å². The van der Waals surface area contributed by atoms with Crippen LogP contribution in [0.4, 0.5) is 0 Å². The van der Waals surface area contributed by atoms with Crippen molar-refractivity contribution >= 4 is 12.6 Å². The first-order valence-corrected chi connectivity index (χ1v) is 5.89. The van der Waals surface area contributed by atoms with E-state index in [0.717, 1.165) is 23.5 Å². The van der Waals surface area contributed by atoms with Crippen LogP contribution in [0.1, 0.15) is 31.9 Å². The van der Waals surface area contributed by atoms with Crippen molar-refractivity contribution in [2.75, 3.05) is 5.75 Å². The van der Waals surface area contributed by atoms with Crippen LogP contribution in [0.25, 0.3) is 0 Å². The van der Waals surface area contributed by atoms with Crippen molar-refractivity contribution in [2.24, 2.45) is 5.73 Å². The maximum Gasteiger partial charge on any atom is 0.119 e. The van der Waals surface area contributed by atoms with E-state index in [1.165, 1.54) is 0 Å². The third-order valence-electron chi connectivity index (χ3n) is 2.12. The zero-order chi connectivity index (χ0) is 11.3. The van der Waals surface area contributed by atoms with E-state index in [-0.39, 0.29) is 12.1 Å². The number of ether oxygens (including phenoxy) is 1. The minimum Gasteiger partial charge on any atom is -0.491 e. The first-order valence-electron chi connectivity index (χ1n) is 5.26. The van der Waals surface area contributed by atoms with Crippen LogP contribution in [0.5, 0.6) is 5.75 Å². The van der Waals surface area contributed by atoms with E-state index in [4.69, 9.17) is 10.5 Å². The molecule has 84 valence electrons. The molecule has 0 amide bonds. The maximum atomic E-state index is 5.97. The Morgan fingerprint density at radius 3 is 2.33 bits per heavy atom. The zero-order valence-electron chi connectivity index (χ0n) is 9.31. The highest BCUT2D eigenvalue weighted by Crippen LogP contribution is 2.19. The highest BCUT2D eigenvalue weighted by atomic mass is 32.1. The summed E-state index contributed by atoms with van der Waals surface area (Å²) in [6, 6.07) is 8.05. The molecule has 15 heavy (non-hydrogen) atoms. The van der Waals surface area contributed by atoms with E-state index in [0.29, 0.717) is 0 Å². The third kappa shape index (κ3) is 4.14. The third-order valence-corrected chi connectivity index (χ3v) is 2.38. The molecule has 0 saturated heterocycles. The standard InChI is InChI=1S/C12H19NOS/c1-9(2)14-11-5-3-10(4-6-11)12(13)7-8-15/h3-6,9,12,15H,7-8,13H2,1-2H3. The Labute approximate surface area is 97.2 Å². The predicted octanol–water partition coefficient (Wildman–Crippen LogP) is 2.79. The van der Waals surface area contributed by atoms with Gasteiger partial charge in [-0.15, -0.1) is 0 Å². The lowest BCUT2D eigenvalue weighted by Crippen LogP contribution is -2.11. The Bertz CT molecular complexity index is 284. The second-order valence-electron chi connectivity index (χ2n) is 3.85. The molecule has 1 unspecified atom stereocenters. The summed E-state index contributed by atoms with van der Waals surface area (Å²) in [6.07, 6.45) is 1.11. The van der Waals surface area contributed by atoms with Crippen LogP contribution in [0.15, 0.2) is 24.3 Å². The Balaban J connectivity index is 2.63. The molecule has 0 aliphatic heterocycles. The van der Waals surface area contributed by atoms with Crippen LogP contribution in [-0.2, 0) is 0 Å². The Hall–Kier alpha value is -0.670. The molecular weight excluding hydrogens is 206 g/mol. The van der Waals surface area contributed by atoms with Crippen LogP contribution in [0.3, 0.4) is 0 Å². The second kappa shape index (κ2) is 6.03. The average Bonchev–Trinajstić information content (AvgIpc) is 2.18. The van der Waals surface area contributed by atoms with Crippen molar-refractivity contribution in [2.45, 2.75) is 32.4 Å². The van der Waals surface area contributed by atoms with Gasteiger partial charge >= 0.3 is 0 Å². The molecule has 2 N–H and O–H groups in total. The van der Waals surface area contributed by atoms with Crippen molar-refractivity contribution in [3.63, 3.8) is 0 Å². The first kappa shape index (κ1) is 12.4. The SMILES string of the molecule is CC(C)Oc1ccc(C(N)CCS)cc1. The maximum absolute atomic E-state index is 5.97. The number of thiol groups is 1. The summed E-state index contributed by atoms with van der Waals surface area (Å²) in [7, 11) is 0. The van der Waals surface area contributed by atoms with Gasteiger partial charge in [-0.1, -0.05) is 12.1 Å². The average molecular weight is 225 g/mol. The topological polar surface area (TPSA) is 35.2 Å². The lowest BCUT2D eigenvalue weighted by Gasteiger charge is -2.13. The highest BCUT2D eigenvalue weighted by molar-refractivity contribution is 7.80. The number of rotatable bonds is 5. The first-order chi connectivity index (χ1) is 7.13. The normalized spacial score (nSPS) is 12.9. The van der Waals surface area contributed by atoms with E-state index in [9.17, 15) is 0 Å². The van der Waals surface area contributed by atoms with Crippen molar-refractivity contribution in [3.05, 3.63) is 29.8 Å². The van der Waals surface area contributed by atoms with Gasteiger partial charge in [0.2, 0.25) is 0 Å². The Morgan fingerprint density at radius 1 is 1.27 bits per heavy atom. The molecule has 2 nitrogen and oxygen atoms in total.